The average Bonchev–Trinajstić information content (AvgIpc) is 2.43. The van der Waals surface area contributed by atoms with E-state index in [9.17, 15) is 4.39 Å². The molecular weight excluding hydrogens is 253 g/mol. The second-order valence-corrected chi connectivity index (χ2v) is 4.81. The number of hydrogen-bond acceptors (Lipinski definition) is 2. The van der Waals surface area contributed by atoms with E-state index >= 15 is 0 Å². The van der Waals surface area contributed by atoms with Gasteiger partial charge in [0.05, 0.1) is 6.61 Å². The van der Waals surface area contributed by atoms with Crippen molar-refractivity contribution < 1.29 is 9.13 Å². The lowest BCUT2D eigenvalue weighted by molar-refractivity contribution is 0.308. The molecule has 0 spiro atoms. The number of rotatable bonds is 7. The molecule has 3 heteroatoms. The normalized spacial score (nSPS) is 10.3. The van der Waals surface area contributed by atoms with E-state index in [2.05, 4.69) is 18.3 Å². The largest absolute Gasteiger partial charge is 0.494 e. The van der Waals surface area contributed by atoms with E-state index in [0.717, 1.165) is 30.8 Å². The zero-order chi connectivity index (χ0) is 14.2. The monoisotopic (exact) mass is 273 g/mol. The van der Waals surface area contributed by atoms with Gasteiger partial charge in [-0.05, 0) is 55.7 Å². The van der Waals surface area contributed by atoms with Crippen molar-refractivity contribution in [3.05, 3.63) is 59.9 Å². The molecule has 0 heterocycles. The number of ether oxygens (including phenoxy) is 1. The van der Waals surface area contributed by atoms with Crippen molar-refractivity contribution in [1.82, 2.24) is 0 Å². The van der Waals surface area contributed by atoms with Crippen LogP contribution in [0.25, 0.3) is 0 Å². The first kappa shape index (κ1) is 14.4. The lowest BCUT2D eigenvalue weighted by Crippen LogP contribution is -2.05. The minimum atomic E-state index is -0.210. The van der Waals surface area contributed by atoms with Crippen molar-refractivity contribution >= 4 is 5.69 Å². The number of halogens is 1. The summed E-state index contributed by atoms with van der Waals surface area (Å²) in [5, 5.41) is 3.20. The van der Waals surface area contributed by atoms with E-state index in [4.69, 9.17) is 4.74 Å². The van der Waals surface area contributed by atoms with Gasteiger partial charge in [-0.1, -0.05) is 18.2 Å². The van der Waals surface area contributed by atoms with Crippen molar-refractivity contribution in [2.45, 2.75) is 19.8 Å². The summed E-state index contributed by atoms with van der Waals surface area (Å²) in [6.45, 7) is 3.57. The van der Waals surface area contributed by atoms with Crippen LogP contribution in [0.4, 0.5) is 10.1 Å². The third-order valence-corrected chi connectivity index (χ3v) is 2.98. The van der Waals surface area contributed by atoms with Crippen LogP contribution in [0.1, 0.15) is 18.4 Å². The van der Waals surface area contributed by atoms with Crippen molar-refractivity contribution in [3.8, 4) is 5.75 Å². The van der Waals surface area contributed by atoms with Gasteiger partial charge in [-0.15, -0.1) is 0 Å². The van der Waals surface area contributed by atoms with Crippen LogP contribution < -0.4 is 10.1 Å². The maximum absolute atomic E-state index is 13.0. The zero-order valence-electron chi connectivity index (χ0n) is 11.7. The van der Waals surface area contributed by atoms with Crippen LogP contribution in [0.15, 0.2) is 48.5 Å². The fourth-order valence-electron chi connectivity index (χ4n) is 1.95. The summed E-state index contributed by atoms with van der Waals surface area (Å²) < 4.78 is 18.6. The highest BCUT2D eigenvalue weighted by atomic mass is 19.1. The Bertz CT molecular complexity index is 493. The molecule has 0 aliphatic carbocycles. The SMILES string of the molecule is Cc1cccc(OCCCCNc2cccc(F)c2)c1. The van der Waals surface area contributed by atoms with Gasteiger partial charge in [0.15, 0.2) is 0 Å². The molecule has 2 aromatic carbocycles. The van der Waals surface area contributed by atoms with Gasteiger partial charge < -0.3 is 10.1 Å². The standard InChI is InChI=1S/C17H20FNO/c1-14-6-4-9-17(12-14)20-11-3-2-10-19-16-8-5-7-15(18)13-16/h4-9,12-13,19H,2-3,10-11H2,1H3. The van der Waals surface area contributed by atoms with Gasteiger partial charge >= 0.3 is 0 Å². The molecule has 2 rings (SSSR count). The van der Waals surface area contributed by atoms with Gasteiger partial charge in [-0.2, -0.15) is 0 Å². The highest BCUT2D eigenvalue weighted by Gasteiger charge is 1.96. The second-order valence-electron chi connectivity index (χ2n) is 4.81. The Morgan fingerprint density at radius 2 is 1.90 bits per heavy atom. The first-order valence-electron chi connectivity index (χ1n) is 6.93. The van der Waals surface area contributed by atoms with Crippen LogP contribution in [-0.2, 0) is 0 Å². The van der Waals surface area contributed by atoms with Crippen LogP contribution in [-0.4, -0.2) is 13.2 Å². The number of unbranched alkanes of at least 4 members (excludes halogenated alkanes) is 1. The van der Waals surface area contributed by atoms with E-state index in [-0.39, 0.29) is 5.82 Å². The maximum atomic E-state index is 13.0. The quantitative estimate of drug-likeness (QED) is 0.755. The Balaban J connectivity index is 1.60. The predicted octanol–water partition coefficient (Wildman–Crippen LogP) is 4.41. The number of hydrogen-bond donors (Lipinski definition) is 1. The summed E-state index contributed by atoms with van der Waals surface area (Å²) in [6.07, 6.45) is 1.96. The number of aryl methyl sites for hydroxylation is 1. The zero-order valence-corrected chi connectivity index (χ0v) is 11.7. The minimum Gasteiger partial charge on any atom is -0.494 e. The summed E-state index contributed by atoms with van der Waals surface area (Å²) in [5.74, 6) is 0.709. The smallest absolute Gasteiger partial charge is 0.125 e. The summed E-state index contributed by atoms with van der Waals surface area (Å²) in [6, 6.07) is 14.6. The van der Waals surface area contributed by atoms with Gasteiger partial charge in [0.1, 0.15) is 11.6 Å². The van der Waals surface area contributed by atoms with Gasteiger partial charge in [-0.3, -0.25) is 0 Å². The number of anilines is 1. The molecule has 0 unspecified atom stereocenters. The number of benzene rings is 2. The second kappa shape index (κ2) is 7.53. The Kier molecular flexibility index (Phi) is 5.42. The Morgan fingerprint density at radius 3 is 2.70 bits per heavy atom. The first-order chi connectivity index (χ1) is 9.74. The average molecular weight is 273 g/mol. The van der Waals surface area contributed by atoms with E-state index in [1.54, 1.807) is 6.07 Å². The minimum absolute atomic E-state index is 0.210. The topological polar surface area (TPSA) is 21.3 Å². The summed E-state index contributed by atoms with van der Waals surface area (Å²) in [5.41, 5.74) is 2.03. The molecule has 0 saturated heterocycles. The highest BCUT2D eigenvalue weighted by Crippen LogP contribution is 2.13. The predicted molar refractivity (Wildman–Crippen MR) is 80.8 cm³/mol. The molecule has 2 aromatic rings. The Labute approximate surface area is 119 Å². The maximum Gasteiger partial charge on any atom is 0.125 e. The van der Waals surface area contributed by atoms with E-state index in [1.807, 2.05) is 24.3 Å². The molecule has 0 aliphatic heterocycles. The van der Waals surface area contributed by atoms with Crippen molar-refractivity contribution in [1.29, 1.82) is 0 Å². The molecule has 0 aliphatic rings. The summed E-state index contributed by atoms with van der Waals surface area (Å²) in [4.78, 5) is 0. The molecule has 0 amide bonds. The van der Waals surface area contributed by atoms with Gasteiger partial charge in [-0.25, -0.2) is 4.39 Å². The van der Waals surface area contributed by atoms with Crippen LogP contribution in [0.3, 0.4) is 0 Å². The Hall–Kier alpha value is -2.03. The van der Waals surface area contributed by atoms with Crippen molar-refractivity contribution in [2.75, 3.05) is 18.5 Å². The van der Waals surface area contributed by atoms with Crippen LogP contribution in [0.2, 0.25) is 0 Å². The molecule has 0 fully saturated rings. The lowest BCUT2D eigenvalue weighted by Gasteiger charge is -2.08. The molecule has 0 saturated carbocycles. The van der Waals surface area contributed by atoms with Crippen LogP contribution in [0.5, 0.6) is 5.75 Å². The van der Waals surface area contributed by atoms with Gasteiger partial charge in [0, 0.05) is 12.2 Å². The molecule has 1 N–H and O–H groups in total. The molecular formula is C17H20FNO. The van der Waals surface area contributed by atoms with Gasteiger partial charge in [0.2, 0.25) is 0 Å². The van der Waals surface area contributed by atoms with Crippen molar-refractivity contribution in [2.24, 2.45) is 0 Å². The van der Waals surface area contributed by atoms with E-state index < -0.39 is 0 Å². The molecule has 106 valence electrons. The third kappa shape index (κ3) is 4.92. The summed E-state index contributed by atoms with van der Waals surface area (Å²) in [7, 11) is 0. The van der Waals surface area contributed by atoms with Crippen molar-refractivity contribution in [3.63, 3.8) is 0 Å². The van der Waals surface area contributed by atoms with E-state index in [0.29, 0.717) is 6.61 Å². The fourth-order valence-corrected chi connectivity index (χ4v) is 1.95. The molecule has 0 radical (unpaired) electrons. The van der Waals surface area contributed by atoms with Gasteiger partial charge in [0.25, 0.3) is 0 Å². The van der Waals surface area contributed by atoms with E-state index in [1.165, 1.54) is 17.7 Å². The molecule has 0 aromatic heterocycles. The Morgan fingerprint density at radius 1 is 1.05 bits per heavy atom. The highest BCUT2D eigenvalue weighted by molar-refractivity contribution is 5.42. The van der Waals surface area contributed by atoms with Crippen LogP contribution >= 0.6 is 0 Å². The molecule has 0 bridgehead atoms. The molecule has 0 atom stereocenters. The lowest BCUT2D eigenvalue weighted by atomic mass is 10.2. The third-order valence-electron chi connectivity index (χ3n) is 2.98. The number of nitrogens with one attached hydrogen (secondary N) is 1. The molecule has 2 nitrogen and oxygen atoms in total. The molecule has 20 heavy (non-hydrogen) atoms. The first-order valence-corrected chi connectivity index (χ1v) is 6.93. The fraction of sp³-hybridized carbons (Fsp3) is 0.294. The van der Waals surface area contributed by atoms with Crippen LogP contribution in [0, 0.1) is 12.7 Å². The summed E-state index contributed by atoms with van der Waals surface area (Å²) >= 11 is 0.